The number of aryl methyl sites for hydroxylation is 1. The summed E-state index contributed by atoms with van der Waals surface area (Å²) in [6.07, 6.45) is 7.33. The number of rotatable bonds is 6. The molecule has 1 saturated carbocycles. The lowest BCUT2D eigenvalue weighted by atomic mass is 9.76. The van der Waals surface area contributed by atoms with Crippen molar-refractivity contribution in [1.82, 2.24) is 4.90 Å². The maximum absolute atomic E-state index is 6.29. The average molecular weight is 288 g/mol. The summed E-state index contributed by atoms with van der Waals surface area (Å²) in [5.74, 6) is 0.968. The minimum Gasteiger partial charge on any atom is -0.497 e. The Morgan fingerprint density at radius 3 is 2.76 bits per heavy atom. The van der Waals surface area contributed by atoms with Crippen LogP contribution in [-0.2, 0) is 12.8 Å². The number of hydrogen-bond donors (Lipinski definition) is 1. The summed E-state index contributed by atoms with van der Waals surface area (Å²) in [6.45, 7) is 4.22. The quantitative estimate of drug-likeness (QED) is 0.875. The lowest BCUT2D eigenvalue weighted by molar-refractivity contribution is 0.0704. The van der Waals surface area contributed by atoms with Gasteiger partial charge in [0.15, 0.2) is 0 Å². The molecule has 2 aliphatic carbocycles. The molecule has 2 aliphatic rings. The minimum atomic E-state index is 0.163. The highest BCUT2D eigenvalue weighted by Crippen LogP contribution is 2.40. The van der Waals surface area contributed by atoms with Crippen molar-refractivity contribution in [1.29, 1.82) is 0 Å². The van der Waals surface area contributed by atoms with Gasteiger partial charge in [-0.1, -0.05) is 13.0 Å². The molecule has 3 heteroatoms. The minimum absolute atomic E-state index is 0.163. The number of hydrogen-bond acceptors (Lipinski definition) is 3. The van der Waals surface area contributed by atoms with Gasteiger partial charge in [-0.15, -0.1) is 0 Å². The number of nitrogens with zero attached hydrogens (tertiary/aromatic N) is 1. The SMILES string of the molecule is CCCN(C1CC1)C1(CN)CCc2ccc(OC)cc2C1. The average Bonchev–Trinajstić information content (AvgIpc) is 3.36. The van der Waals surface area contributed by atoms with Gasteiger partial charge in [-0.3, -0.25) is 4.90 Å². The van der Waals surface area contributed by atoms with E-state index in [1.54, 1.807) is 7.11 Å². The molecule has 2 N–H and O–H groups in total. The third kappa shape index (κ3) is 2.82. The first-order valence-corrected chi connectivity index (χ1v) is 8.35. The number of nitrogens with two attached hydrogens (primary N) is 1. The zero-order chi connectivity index (χ0) is 14.9. The molecule has 0 heterocycles. The van der Waals surface area contributed by atoms with Crippen LogP contribution >= 0.6 is 0 Å². The molecule has 1 aromatic rings. The number of benzene rings is 1. The fourth-order valence-corrected chi connectivity index (χ4v) is 3.92. The second-order valence-corrected chi connectivity index (χ2v) is 6.66. The maximum atomic E-state index is 6.29. The Hall–Kier alpha value is -1.06. The van der Waals surface area contributed by atoms with E-state index in [2.05, 4.69) is 30.0 Å². The Balaban J connectivity index is 1.89. The Bertz CT molecular complexity index is 498. The highest BCUT2D eigenvalue weighted by Gasteiger charge is 2.44. The van der Waals surface area contributed by atoms with E-state index in [9.17, 15) is 0 Å². The van der Waals surface area contributed by atoms with Crippen LogP contribution in [0.4, 0.5) is 0 Å². The monoisotopic (exact) mass is 288 g/mol. The van der Waals surface area contributed by atoms with Crippen molar-refractivity contribution in [3.05, 3.63) is 29.3 Å². The van der Waals surface area contributed by atoms with Crippen LogP contribution in [0.5, 0.6) is 5.75 Å². The summed E-state index contributed by atoms with van der Waals surface area (Å²) in [5.41, 5.74) is 9.37. The Kier molecular flexibility index (Phi) is 4.23. The van der Waals surface area contributed by atoms with Crippen molar-refractivity contribution in [2.24, 2.45) is 5.73 Å². The summed E-state index contributed by atoms with van der Waals surface area (Å²) >= 11 is 0. The van der Waals surface area contributed by atoms with E-state index >= 15 is 0 Å². The van der Waals surface area contributed by atoms with Crippen molar-refractivity contribution in [3.8, 4) is 5.75 Å². The molecule has 1 atom stereocenters. The van der Waals surface area contributed by atoms with Gasteiger partial charge >= 0.3 is 0 Å². The maximum Gasteiger partial charge on any atom is 0.119 e. The van der Waals surface area contributed by atoms with E-state index in [-0.39, 0.29) is 5.54 Å². The van der Waals surface area contributed by atoms with Gasteiger partial charge in [0.2, 0.25) is 0 Å². The van der Waals surface area contributed by atoms with Gasteiger partial charge in [-0.2, -0.15) is 0 Å². The highest BCUT2D eigenvalue weighted by molar-refractivity contribution is 5.39. The number of methoxy groups -OCH3 is 1. The second-order valence-electron chi connectivity index (χ2n) is 6.66. The molecular formula is C18H28N2O. The smallest absolute Gasteiger partial charge is 0.119 e. The van der Waals surface area contributed by atoms with Crippen LogP contribution < -0.4 is 10.5 Å². The van der Waals surface area contributed by atoms with Crippen molar-refractivity contribution in [3.63, 3.8) is 0 Å². The van der Waals surface area contributed by atoms with Crippen LogP contribution in [-0.4, -0.2) is 36.7 Å². The van der Waals surface area contributed by atoms with Gasteiger partial charge in [-0.25, -0.2) is 0 Å². The summed E-state index contributed by atoms with van der Waals surface area (Å²) in [7, 11) is 1.74. The topological polar surface area (TPSA) is 38.5 Å². The molecule has 116 valence electrons. The van der Waals surface area contributed by atoms with Crippen molar-refractivity contribution >= 4 is 0 Å². The molecule has 3 nitrogen and oxygen atoms in total. The normalized spacial score (nSPS) is 25.0. The summed E-state index contributed by atoms with van der Waals surface area (Å²) in [5, 5.41) is 0. The molecular weight excluding hydrogens is 260 g/mol. The first-order chi connectivity index (χ1) is 10.2. The van der Waals surface area contributed by atoms with Crippen LogP contribution in [0.2, 0.25) is 0 Å². The molecule has 0 radical (unpaired) electrons. The summed E-state index contributed by atoms with van der Waals surface area (Å²) in [6, 6.07) is 7.31. The van der Waals surface area contributed by atoms with Gasteiger partial charge < -0.3 is 10.5 Å². The largest absolute Gasteiger partial charge is 0.497 e. The van der Waals surface area contributed by atoms with E-state index in [0.717, 1.165) is 31.2 Å². The Labute approximate surface area is 128 Å². The number of ether oxygens (including phenoxy) is 1. The van der Waals surface area contributed by atoms with Gasteiger partial charge in [0.25, 0.3) is 0 Å². The third-order valence-corrected chi connectivity index (χ3v) is 5.23. The summed E-state index contributed by atoms with van der Waals surface area (Å²) in [4.78, 5) is 2.73. The molecule has 1 fully saturated rings. The van der Waals surface area contributed by atoms with Crippen LogP contribution in [0, 0.1) is 0 Å². The lowest BCUT2D eigenvalue weighted by Gasteiger charge is -2.47. The van der Waals surface area contributed by atoms with E-state index < -0.39 is 0 Å². The van der Waals surface area contributed by atoms with Gasteiger partial charge in [0, 0.05) is 18.1 Å². The molecule has 1 unspecified atom stereocenters. The van der Waals surface area contributed by atoms with Crippen LogP contribution in [0.15, 0.2) is 18.2 Å². The van der Waals surface area contributed by atoms with E-state index in [4.69, 9.17) is 10.5 Å². The predicted octanol–water partition coefficient (Wildman–Crippen LogP) is 2.76. The van der Waals surface area contributed by atoms with E-state index in [0.29, 0.717) is 0 Å². The van der Waals surface area contributed by atoms with Crippen LogP contribution in [0.25, 0.3) is 0 Å². The first-order valence-electron chi connectivity index (χ1n) is 8.35. The van der Waals surface area contributed by atoms with Crippen molar-refractivity contribution in [2.45, 2.75) is 57.0 Å². The number of fused-ring (bicyclic) bond motifs is 1. The molecule has 0 amide bonds. The second kappa shape index (κ2) is 5.98. The van der Waals surface area contributed by atoms with Gasteiger partial charge in [0.05, 0.1) is 7.11 Å². The standard InChI is InChI=1S/C18H28N2O/c1-3-10-20(16-5-6-16)18(13-19)9-8-14-4-7-17(21-2)11-15(14)12-18/h4,7,11,16H,3,5-6,8-10,12-13,19H2,1-2H3. The summed E-state index contributed by atoms with van der Waals surface area (Å²) < 4.78 is 5.40. The third-order valence-electron chi connectivity index (χ3n) is 5.23. The molecule has 21 heavy (non-hydrogen) atoms. The lowest BCUT2D eigenvalue weighted by Crippen LogP contribution is -2.58. The van der Waals surface area contributed by atoms with Crippen LogP contribution in [0.1, 0.15) is 43.7 Å². The Morgan fingerprint density at radius 1 is 1.33 bits per heavy atom. The molecule has 0 saturated heterocycles. The molecule has 3 rings (SSSR count). The fraction of sp³-hybridized carbons (Fsp3) is 0.667. The molecule has 0 bridgehead atoms. The molecule has 0 aromatic heterocycles. The van der Waals surface area contributed by atoms with E-state index in [1.807, 2.05) is 0 Å². The first kappa shape index (κ1) is 14.9. The van der Waals surface area contributed by atoms with Crippen molar-refractivity contribution < 1.29 is 4.74 Å². The molecule has 1 aromatic carbocycles. The van der Waals surface area contributed by atoms with Crippen molar-refractivity contribution in [2.75, 3.05) is 20.2 Å². The van der Waals surface area contributed by atoms with Gasteiger partial charge in [0.1, 0.15) is 5.75 Å². The predicted molar refractivity (Wildman–Crippen MR) is 86.8 cm³/mol. The molecule has 0 spiro atoms. The zero-order valence-electron chi connectivity index (χ0n) is 13.4. The Morgan fingerprint density at radius 2 is 2.14 bits per heavy atom. The van der Waals surface area contributed by atoms with Gasteiger partial charge in [-0.05, 0) is 68.3 Å². The van der Waals surface area contributed by atoms with Crippen LogP contribution in [0.3, 0.4) is 0 Å². The van der Waals surface area contributed by atoms with E-state index in [1.165, 1.54) is 43.4 Å². The fourth-order valence-electron chi connectivity index (χ4n) is 3.92. The highest BCUT2D eigenvalue weighted by atomic mass is 16.5. The zero-order valence-corrected chi connectivity index (χ0v) is 13.4. The molecule has 0 aliphatic heterocycles.